The van der Waals surface area contributed by atoms with Gasteiger partial charge in [0.05, 0.1) is 11.7 Å². The molecule has 1 N–H and O–H groups in total. The first-order valence-electron chi connectivity index (χ1n) is 5.51. The number of ether oxygens (including phenoxy) is 1. The minimum atomic E-state index is -4.30. The Labute approximate surface area is 97.8 Å². The zero-order chi connectivity index (χ0) is 12.5. The molecule has 17 heavy (non-hydrogen) atoms. The van der Waals surface area contributed by atoms with E-state index < -0.39 is 11.7 Å². The molecule has 2 nitrogen and oxygen atoms in total. The van der Waals surface area contributed by atoms with Crippen LogP contribution in [0.1, 0.15) is 18.1 Å². The minimum Gasteiger partial charge on any atom is -0.359 e. The van der Waals surface area contributed by atoms with Crippen LogP contribution in [0.15, 0.2) is 24.3 Å². The zero-order valence-electron chi connectivity index (χ0n) is 9.42. The predicted molar refractivity (Wildman–Crippen MR) is 57.5 cm³/mol. The fourth-order valence-electron chi connectivity index (χ4n) is 1.97. The van der Waals surface area contributed by atoms with Crippen molar-refractivity contribution in [1.82, 2.24) is 5.32 Å². The zero-order valence-corrected chi connectivity index (χ0v) is 9.42. The van der Waals surface area contributed by atoms with Crippen LogP contribution in [0.25, 0.3) is 0 Å². The summed E-state index contributed by atoms with van der Waals surface area (Å²) in [5, 5.41) is 3.04. The lowest BCUT2D eigenvalue weighted by atomic mass is 10.0. The molecule has 0 amide bonds. The lowest BCUT2D eigenvalue weighted by Gasteiger charge is -2.16. The monoisotopic (exact) mass is 245 g/mol. The third-order valence-corrected chi connectivity index (χ3v) is 2.76. The first-order valence-corrected chi connectivity index (χ1v) is 5.51. The molecule has 0 spiro atoms. The number of nitrogens with one attached hydrogen (secondary N) is 1. The first kappa shape index (κ1) is 12.4. The van der Waals surface area contributed by atoms with E-state index in [1.807, 2.05) is 6.92 Å². The molecule has 5 heteroatoms. The largest absolute Gasteiger partial charge is 0.416 e. The van der Waals surface area contributed by atoms with Gasteiger partial charge in [-0.15, -0.1) is 0 Å². The van der Waals surface area contributed by atoms with Gasteiger partial charge in [-0.05, 0) is 18.6 Å². The summed E-state index contributed by atoms with van der Waals surface area (Å²) < 4.78 is 43.7. The molecule has 1 heterocycles. The molecule has 1 aliphatic rings. The van der Waals surface area contributed by atoms with Crippen molar-refractivity contribution in [2.24, 2.45) is 0 Å². The third kappa shape index (κ3) is 2.98. The second kappa shape index (κ2) is 4.66. The summed E-state index contributed by atoms with van der Waals surface area (Å²) in [5.74, 6) is 0. The van der Waals surface area contributed by atoms with Crippen LogP contribution in [0.5, 0.6) is 0 Å². The van der Waals surface area contributed by atoms with Crippen LogP contribution in [-0.2, 0) is 17.3 Å². The lowest BCUT2D eigenvalue weighted by Crippen LogP contribution is -2.26. The highest BCUT2D eigenvalue weighted by Crippen LogP contribution is 2.32. The molecule has 0 saturated carbocycles. The van der Waals surface area contributed by atoms with Gasteiger partial charge in [0, 0.05) is 13.0 Å². The van der Waals surface area contributed by atoms with Crippen molar-refractivity contribution >= 4 is 0 Å². The Hall–Kier alpha value is -1.07. The van der Waals surface area contributed by atoms with Crippen LogP contribution in [0.2, 0.25) is 0 Å². The highest BCUT2D eigenvalue weighted by molar-refractivity contribution is 5.30. The summed E-state index contributed by atoms with van der Waals surface area (Å²) in [6.45, 7) is 2.57. The van der Waals surface area contributed by atoms with Crippen LogP contribution in [-0.4, -0.2) is 18.9 Å². The maximum Gasteiger partial charge on any atom is 0.416 e. The number of hydrogen-bond acceptors (Lipinski definition) is 2. The average Bonchev–Trinajstić information content (AvgIpc) is 2.63. The quantitative estimate of drug-likeness (QED) is 0.864. The van der Waals surface area contributed by atoms with Gasteiger partial charge in [-0.1, -0.05) is 18.2 Å². The fourth-order valence-corrected chi connectivity index (χ4v) is 1.97. The van der Waals surface area contributed by atoms with Gasteiger partial charge in [-0.2, -0.15) is 13.2 Å². The molecule has 1 aromatic rings. The van der Waals surface area contributed by atoms with Crippen LogP contribution >= 0.6 is 0 Å². The molecule has 1 aromatic carbocycles. The van der Waals surface area contributed by atoms with Gasteiger partial charge in [0.15, 0.2) is 0 Å². The Morgan fingerprint density at radius 1 is 1.35 bits per heavy atom. The van der Waals surface area contributed by atoms with Crippen molar-refractivity contribution < 1.29 is 17.9 Å². The number of benzene rings is 1. The van der Waals surface area contributed by atoms with E-state index in [9.17, 15) is 13.2 Å². The summed E-state index contributed by atoms with van der Waals surface area (Å²) in [4.78, 5) is 0. The predicted octanol–water partition coefficient (Wildman–Crippen LogP) is 2.58. The van der Waals surface area contributed by atoms with E-state index in [0.717, 1.165) is 6.07 Å². The number of hydrogen-bond donors (Lipinski definition) is 1. The molecular weight excluding hydrogens is 231 g/mol. The van der Waals surface area contributed by atoms with Crippen LogP contribution in [0.4, 0.5) is 13.2 Å². The van der Waals surface area contributed by atoms with Gasteiger partial charge in [-0.3, -0.25) is 5.32 Å². The van der Waals surface area contributed by atoms with Gasteiger partial charge >= 0.3 is 6.18 Å². The van der Waals surface area contributed by atoms with Crippen LogP contribution in [0.3, 0.4) is 0 Å². The highest BCUT2D eigenvalue weighted by atomic mass is 19.4. The maximum atomic E-state index is 12.7. The summed E-state index contributed by atoms with van der Waals surface area (Å²) in [7, 11) is 0. The van der Waals surface area contributed by atoms with Crippen LogP contribution < -0.4 is 5.32 Å². The molecule has 0 aliphatic carbocycles. The Kier molecular flexibility index (Phi) is 3.40. The van der Waals surface area contributed by atoms with Gasteiger partial charge in [-0.25, -0.2) is 0 Å². The molecular formula is C12H14F3NO. The van der Waals surface area contributed by atoms with Gasteiger partial charge in [0.1, 0.15) is 6.23 Å². The average molecular weight is 245 g/mol. The van der Waals surface area contributed by atoms with Crippen molar-refractivity contribution in [2.75, 3.05) is 6.54 Å². The second-order valence-corrected chi connectivity index (χ2v) is 4.20. The fraction of sp³-hybridized carbons (Fsp3) is 0.500. The Morgan fingerprint density at radius 3 is 2.65 bits per heavy atom. The third-order valence-electron chi connectivity index (χ3n) is 2.76. The van der Waals surface area contributed by atoms with Crippen molar-refractivity contribution in [3.63, 3.8) is 0 Å². The summed E-state index contributed by atoms with van der Waals surface area (Å²) >= 11 is 0. The number of alkyl halides is 3. The molecule has 2 rings (SSSR count). The van der Waals surface area contributed by atoms with E-state index in [2.05, 4.69) is 5.32 Å². The van der Waals surface area contributed by atoms with Crippen molar-refractivity contribution in [3.8, 4) is 0 Å². The highest BCUT2D eigenvalue weighted by Gasteiger charge is 2.34. The Bertz CT molecular complexity index is 392. The maximum absolute atomic E-state index is 12.7. The van der Waals surface area contributed by atoms with Crippen molar-refractivity contribution in [1.29, 1.82) is 0 Å². The van der Waals surface area contributed by atoms with E-state index in [4.69, 9.17) is 4.74 Å². The lowest BCUT2D eigenvalue weighted by molar-refractivity contribution is -0.138. The number of halogens is 3. The molecule has 1 aliphatic heterocycles. The SMILES string of the molecule is CC1CNC(Cc2ccccc2C(F)(F)F)O1. The molecule has 1 saturated heterocycles. The van der Waals surface area contributed by atoms with E-state index in [1.165, 1.54) is 12.1 Å². The molecule has 2 atom stereocenters. The molecule has 2 unspecified atom stereocenters. The van der Waals surface area contributed by atoms with Gasteiger partial charge in [0.2, 0.25) is 0 Å². The standard InChI is InChI=1S/C12H14F3NO/c1-8-7-16-11(17-8)6-9-4-2-3-5-10(9)12(13,14)15/h2-5,8,11,16H,6-7H2,1H3. The molecule has 1 fully saturated rings. The van der Waals surface area contributed by atoms with E-state index in [-0.39, 0.29) is 24.3 Å². The normalized spacial score (nSPS) is 25.2. The molecule has 0 radical (unpaired) electrons. The summed E-state index contributed by atoms with van der Waals surface area (Å²) in [6, 6.07) is 5.62. The first-order chi connectivity index (χ1) is 7.97. The second-order valence-electron chi connectivity index (χ2n) is 4.20. The van der Waals surface area contributed by atoms with Crippen molar-refractivity contribution in [2.45, 2.75) is 31.9 Å². The minimum absolute atomic E-state index is 0.0537. The summed E-state index contributed by atoms with van der Waals surface area (Å²) in [5.41, 5.74) is -0.309. The van der Waals surface area contributed by atoms with E-state index in [1.54, 1.807) is 6.07 Å². The van der Waals surface area contributed by atoms with Gasteiger partial charge in [0.25, 0.3) is 0 Å². The Morgan fingerprint density at radius 2 is 2.06 bits per heavy atom. The number of rotatable bonds is 2. The Balaban J connectivity index is 2.15. The topological polar surface area (TPSA) is 21.3 Å². The molecule has 0 aromatic heterocycles. The smallest absolute Gasteiger partial charge is 0.359 e. The molecule has 94 valence electrons. The molecule has 0 bridgehead atoms. The van der Waals surface area contributed by atoms with Crippen LogP contribution in [0, 0.1) is 0 Å². The van der Waals surface area contributed by atoms with E-state index >= 15 is 0 Å². The summed E-state index contributed by atoms with van der Waals surface area (Å²) in [6.07, 6.45) is -4.34. The van der Waals surface area contributed by atoms with E-state index in [0.29, 0.717) is 6.54 Å². The van der Waals surface area contributed by atoms with Gasteiger partial charge < -0.3 is 4.74 Å². The van der Waals surface area contributed by atoms with Crippen molar-refractivity contribution in [3.05, 3.63) is 35.4 Å².